The van der Waals surface area contributed by atoms with Crippen LogP contribution in [-0.2, 0) is 4.79 Å². The highest BCUT2D eigenvalue weighted by Crippen LogP contribution is 2.40. The first-order valence-corrected chi connectivity index (χ1v) is 4.02. The molecule has 1 nitrogen and oxygen atoms in total. The maximum atomic E-state index is 11.5. The molecule has 0 N–H and O–H groups in total. The SMILES string of the molecule is CCC=O.FC(F)(F)C1CCC1. The van der Waals surface area contributed by atoms with Crippen LogP contribution in [0.25, 0.3) is 0 Å². The van der Waals surface area contributed by atoms with Crippen molar-refractivity contribution in [3.63, 3.8) is 0 Å². The van der Waals surface area contributed by atoms with E-state index in [0.717, 1.165) is 12.7 Å². The Morgan fingerprint density at radius 3 is 1.83 bits per heavy atom. The third-order valence-corrected chi connectivity index (χ3v) is 1.73. The average Bonchev–Trinajstić information content (AvgIpc) is 1.80. The zero-order valence-electron chi connectivity index (χ0n) is 7.03. The second kappa shape index (κ2) is 5.17. The van der Waals surface area contributed by atoms with Crippen molar-refractivity contribution in [2.24, 2.45) is 5.92 Å². The van der Waals surface area contributed by atoms with Gasteiger partial charge in [0.05, 0.1) is 5.92 Å². The number of hydrogen-bond acceptors (Lipinski definition) is 1. The quantitative estimate of drug-likeness (QED) is 0.570. The van der Waals surface area contributed by atoms with Crippen molar-refractivity contribution >= 4 is 6.29 Å². The first kappa shape index (κ1) is 11.5. The minimum atomic E-state index is -3.90. The van der Waals surface area contributed by atoms with E-state index in [9.17, 15) is 18.0 Å². The molecule has 0 spiro atoms. The summed E-state index contributed by atoms with van der Waals surface area (Å²) < 4.78 is 34.5. The number of hydrogen-bond donors (Lipinski definition) is 0. The summed E-state index contributed by atoms with van der Waals surface area (Å²) in [6, 6.07) is 0. The Bertz CT molecular complexity index is 127. The van der Waals surface area contributed by atoms with Gasteiger partial charge in [0.1, 0.15) is 6.29 Å². The molecule has 1 saturated carbocycles. The molecule has 72 valence electrons. The standard InChI is InChI=1S/C5H7F3.C3H6O/c6-5(7,8)4-2-1-3-4;1-2-3-4/h4H,1-3H2;3H,2H2,1H3. The highest BCUT2D eigenvalue weighted by molar-refractivity contribution is 5.48. The molecule has 0 aromatic rings. The van der Waals surface area contributed by atoms with Crippen LogP contribution in [-0.4, -0.2) is 12.5 Å². The Balaban J connectivity index is 0.000000261. The maximum absolute atomic E-state index is 11.5. The summed E-state index contributed by atoms with van der Waals surface area (Å²) in [7, 11) is 0. The van der Waals surface area contributed by atoms with Crippen LogP contribution in [0.1, 0.15) is 32.6 Å². The van der Waals surface area contributed by atoms with Gasteiger partial charge in [0.15, 0.2) is 0 Å². The fourth-order valence-electron chi connectivity index (χ4n) is 0.736. The van der Waals surface area contributed by atoms with E-state index in [1.54, 1.807) is 0 Å². The lowest BCUT2D eigenvalue weighted by Crippen LogP contribution is -2.28. The average molecular weight is 182 g/mol. The number of halogens is 3. The normalized spacial score (nSPS) is 17.3. The molecule has 0 amide bonds. The number of carbonyl (C=O) groups excluding carboxylic acids is 1. The first-order valence-electron chi connectivity index (χ1n) is 4.02. The van der Waals surface area contributed by atoms with Crippen molar-refractivity contribution in [1.82, 2.24) is 0 Å². The van der Waals surface area contributed by atoms with E-state index >= 15 is 0 Å². The zero-order chi connectivity index (χ0) is 9.61. The molecule has 0 aliphatic heterocycles. The molecule has 0 aromatic heterocycles. The van der Waals surface area contributed by atoms with Crippen LogP contribution in [0.15, 0.2) is 0 Å². The van der Waals surface area contributed by atoms with Crippen molar-refractivity contribution < 1.29 is 18.0 Å². The fourth-order valence-corrected chi connectivity index (χ4v) is 0.736. The second-order valence-electron chi connectivity index (χ2n) is 2.74. The monoisotopic (exact) mass is 182 g/mol. The van der Waals surface area contributed by atoms with Gasteiger partial charge in [-0.05, 0) is 12.8 Å². The molecule has 1 rings (SSSR count). The summed E-state index contributed by atoms with van der Waals surface area (Å²) in [5.74, 6) is -0.970. The van der Waals surface area contributed by atoms with Gasteiger partial charge in [0.2, 0.25) is 0 Å². The molecule has 0 unspecified atom stereocenters. The number of alkyl halides is 3. The Labute approximate surface area is 70.0 Å². The summed E-state index contributed by atoms with van der Waals surface area (Å²) in [5.41, 5.74) is 0. The zero-order valence-corrected chi connectivity index (χ0v) is 7.03. The van der Waals surface area contributed by atoms with Gasteiger partial charge in [-0.25, -0.2) is 0 Å². The lowest BCUT2D eigenvalue weighted by molar-refractivity contribution is -0.193. The van der Waals surface area contributed by atoms with E-state index in [1.807, 2.05) is 6.92 Å². The van der Waals surface area contributed by atoms with Gasteiger partial charge in [0.25, 0.3) is 0 Å². The number of aldehydes is 1. The van der Waals surface area contributed by atoms with Gasteiger partial charge < -0.3 is 4.79 Å². The van der Waals surface area contributed by atoms with E-state index in [4.69, 9.17) is 0 Å². The van der Waals surface area contributed by atoms with E-state index in [2.05, 4.69) is 0 Å². The summed E-state index contributed by atoms with van der Waals surface area (Å²) in [6.07, 6.45) is -0.935. The molecular formula is C8H13F3O. The van der Waals surface area contributed by atoms with Crippen molar-refractivity contribution in [3.05, 3.63) is 0 Å². The van der Waals surface area contributed by atoms with Crippen molar-refractivity contribution in [2.45, 2.75) is 38.8 Å². The molecule has 1 fully saturated rings. The van der Waals surface area contributed by atoms with Gasteiger partial charge in [-0.15, -0.1) is 0 Å². The van der Waals surface area contributed by atoms with E-state index in [0.29, 0.717) is 19.3 Å². The van der Waals surface area contributed by atoms with Crippen LogP contribution in [0.3, 0.4) is 0 Å². The molecule has 1 aliphatic rings. The van der Waals surface area contributed by atoms with Gasteiger partial charge >= 0.3 is 6.18 Å². The molecule has 0 aromatic carbocycles. The van der Waals surface area contributed by atoms with Crippen LogP contribution >= 0.6 is 0 Å². The van der Waals surface area contributed by atoms with Gasteiger partial charge in [-0.2, -0.15) is 13.2 Å². The van der Waals surface area contributed by atoms with Crippen molar-refractivity contribution in [2.75, 3.05) is 0 Å². The van der Waals surface area contributed by atoms with Crippen LogP contribution < -0.4 is 0 Å². The Kier molecular flexibility index (Phi) is 4.93. The Morgan fingerprint density at radius 1 is 1.42 bits per heavy atom. The Morgan fingerprint density at radius 2 is 1.83 bits per heavy atom. The smallest absolute Gasteiger partial charge is 0.303 e. The molecule has 1 aliphatic carbocycles. The summed E-state index contributed by atoms with van der Waals surface area (Å²) in [6.45, 7) is 1.81. The molecule has 0 radical (unpaired) electrons. The maximum Gasteiger partial charge on any atom is 0.391 e. The summed E-state index contributed by atoms with van der Waals surface area (Å²) in [4.78, 5) is 9.17. The topological polar surface area (TPSA) is 17.1 Å². The molecule has 0 bridgehead atoms. The number of rotatable bonds is 1. The predicted octanol–water partition coefficient (Wildman–Crippen LogP) is 2.94. The molecule has 0 atom stereocenters. The van der Waals surface area contributed by atoms with Gasteiger partial charge in [-0.1, -0.05) is 13.3 Å². The van der Waals surface area contributed by atoms with E-state index in [-0.39, 0.29) is 0 Å². The number of carbonyl (C=O) groups is 1. The minimum Gasteiger partial charge on any atom is -0.303 e. The molecular weight excluding hydrogens is 169 g/mol. The molecule has 4 heteroatoms. The van der Waals surface area contributed by atoms with E-state index < -0.39 is 12.1 Å². The van der Waals surface area contributed by atoms with E-state index in [1.165, 1.54) is 0 Å². The highest BCUT2D eigenvalue weighted by Gasteiger charge is 2.42. The minimum absolute atomic E-state index is 0.351. The van der Waals surface area contributed by atoms with Crippen molar-refractivity contribution in [1.29, 1.82) is 0 Å². The third-order valence-electron chi connectivity index (χ3n) is 1.73. The second-order valence-corrected chi connectivity index (χ2v) is 2.74. The van der Waals surface area contributed by atoms with Crippen LogP contribution in [0, 0.1) is 5.92 Å². The van der Waals surface area contributed by atoms with Gasteiger partial charge in [0, 0.05) is 6.42 Å². The van der Waals surface area contributed by atoms with Crippen molar-refractivity contribution in [3.8, 4) is 0 Å². The summed E-state index contributed by atoms with van der Waals surface area (Å²) in [5, 5.41) is 0. The predicted molar refractivity (Wildman–Crippen MR) is 39.8 cm³/mol. The largest absolute Gasteiger partial charge is 0.391 e. The summed E-state index contributed by atoms with van der Waals surface area (Å²) >= 11 is 0. The first-order chi connectivity index (χ1) is 5.52. The highest BCUT2D eigenvalue weighted by atomic mass is 19.4. The fraction of sp³-hybridized carbons (Fsp3) is 0.875. The lowest BCUT2D eigenvalue weighted by atomic mass is 9.85. The van der Waals surface area contributed by atoms with Crippen LogP contribution in [0.4, 0.5) is 13.2 Å². The molecule has 12 heavy (non-hydrogen) atoms. The van der Waals surface area contributed by atoms with Crippen LogP contribution in [0.2, 0.25) is 0 Å². The van der Waals surface area contributed by atoms with Crippen LogP contribution in [0.5, 0.6) is 0 Å². The molecule has 0 saturated heterocycles. The van der Waals surface area contributed by atoms with Gasteiger partial charge in [-0.3, -0.25) is 0 Å². The Hall–Kier alpha value is -0.540. The third kappa shape index (κ3) is 4.36. The lowest BCUT2D eigenvalue weighted by Gasteiger charge is -2.27. The molecule has 0 heterocycles.